The number of nitrogens with zero attached hydrogens (tertiary/aromatic N) is 1. The van der Waals surface area contributed by atoms with Gasteiger partial charge in [0.2, 0.25) is 15.7 Å². The van der Waals surface area contributed by atoms with Crippen LogP contribution in [0.4, 0.5) is 0 Å². The predicted molar refractivity (Wildman–Crippen MR) is 131 cm³/mol. The quantitative estimate of drug-likeness (QED) is 0.373. The topological polar surface area (TPSA) is 68.2 Å². The minimum atomic E-state index is -3.77. The summed E-state index contributed by atoms with van der Waals surface area (Å²) in [5.41, 5.74) is 1.92. The van der Waals surface area contributed by atoms with Crippen LogP contribution in [0.2, 0.25) is 5.02 Å². The molecule has 0 radical (unpaired) electrons. The number of hydrogen-bond acceptors (Lipinski definition) is 3. The molecule has 1 N–H and O–H groups in total. The van der Waals surface area contributed by atoms with Crippen molar-refractivity contribution < 1.29 is 13.2 Å². The zero-order valence-electron chi connectivity index (χ0n) is 18.2. The molecule has 1 unspecified atom stereocenters. The molecule has 3 aromatic carbocycles. The molecule has 0 aliphatic heterocycles. The summed E-state index contributed by atoms with van der Waals surface area (Å²) in [5.74, 6) is -0.160. The Morgan fingerprint density at radius 1 is 0.970 bits per heavy atom. The number of aromatic nitrogens is 1. The highest BCUT2D eigenvalue weighted by Gasteiger charge is 2.24. The molecule has 0 aliphatic carbocycles. The van der Waals surface area contributed by atoms with Crippen molar-refractivity contribution >= 4 is 38.2 Å². The van der Waals surface area contributed by atoms with Crippen LogP contribution in [0.15, 0.2) is 94.9 Å². The Morgan fingerprint density at radius 2 is 1.64 bits per heavy atom. The van der Waals surface area contributed by atoms with Crippen LogP contribution in [-0.2, 0) is 27.6 Å². The van der Waals surface area contributed by atoms with E-state index < -0.39 is 9.84 Å². The number of rotatable bonds is 8. The van der Waals surface area contributed by atoms with Crippen molar-refractivity contribution in [1.82, 2.24) is 9.88 Å². The maximum absolute atomic E-state index is 13.3. The maximum atomic E-state index is 13.3. The zero-order chi connectivity index (χ0) is 23.4. The van der Waals surface area contributed by atoms with E-state index in [0.29, 0.717) is 15.9 Å². The monoisotopic (exact) mass is 480 g/mol. The summed E-state index contributed by atoms with van der Waals surface area (Å²) in [6, 6.07) is 23.4. The van der Waals surface area contributed by atoms with Gasteiger partial charge in [0.15, 0.2) is 0 Å². The van der Waals surface area contributed by atoms with Gasteiger partial charge in [-0.3, -0.25) is 4.79 Å². The summed E-state index contributed by atoms with van der Waals surface area (Å²) in [4.78, 5) is 13.1. The molecule has 1 amide bonds. The number of carbonyl (C=O) groups is 1. The average molecular weight is 481 g/mol. The van der Waals surface area contributed by atoms with E-state index in [0.717, 1.165) is 12.8 Å². The lowest BCUT2D eigenvalue weighted by Gasteiger charge is -2.14. The van der Waals surface area contributed by atoms with Gasteiger partial charge < -0.3 is 9.88 Å². The zero-order valence-corrected chi connectivity index (χ0v) is 19.8. The first-order chi connectivity index (χ1) is 15.8. The van der Waals surface area contributed by atoms with Crippen molar-refractivity contribution in [3.05, 3.63) is 95.6 Å². The van der Waals surface area contributed by atoms with Crippen LogP contribution in [0.25, 0.3) is 10.9 Å². The Labute approximate surface area is 198 Å². The van der Waals surface area contributed by atoms with E-state index in [2.05, 4.69) is 17.4 Å². The van der Waals surface area contributed by atoms with Crippen molar-refractivity contribution in [3.63, 3.8) is 0 Å². The number of benzene rings is 3. The number of amides is 1. The average Bonchev–Trinajstić information content (AvgIpc) is 3.18. The summed E-state index contributed by atoms with van der Waals surface area (Å²) < 4.78 is 28.3. The van der Waals surface area contributed by atoms with Crippen molar-refractivity contribution in [2.45, 2.75) is 42.1 Å². The Kier molecular flexibility index (Phi) is 6.86. The second kappa shape index (κ2) is 9.81. The fourth-order valence-corrected chi connectivity index (χ4v) is 5.48. The first-order valence-corrected chi connectivity index (χ1v) is 12.6. The van der Waals surface area contributed by atoms with E-state index in [1.165, 1.54) is 17.7 Å². The minimum Gasteiger partial charge on any atom is -0.352 e. The lowest BCUT2D eigenvalue weighted by molar-refractivity contribution is -0.122. The van der Waals surface area contributed by atoms with Crippen LogP contribution in [0, 0.1) is 0 Å². The lowest BCUT2D eigenvalue weighted by atomic mass is 10.1. The summed E-state index contributed by atoms with van der Waals surface area (Å²) in [6.45, 7) is 2.01. The SMILES string of the molecule is CC(CCc1ccccc1)NC(=O)Cn1cc(S(=O)(=O)c2ccc(Cl)cc2)c2ccccc21. The van der Waals surface area contributed by atoms with Crippen LogP contribution >= 0.6 is 11.6 Å². The first kappa shape index (κ1) is 23.1. The third kappa shape index (κ3) is 5.29. The fourth-order valence-electron chi connectivity index (χ4n) is 3.87. The molecule has 7 heteroatoms. The molecular formula is C26H25ClN2O3S. The molecule has 1 atom stereocenters. The number of aryl methyl sites for hydroxylation is 1. The molecule has 170 valence electrons. The molecule has 0 fully saturated rings. The molecule has 4 rings (SSSR count). The van der Waals surface area contributed by atoms with Gasteiger partial charge in [-0.1, -0.05) is 60.1 Å². The molecule has 33 heavy (non-hydrogen) atoms. The lowest BCUT2D eigenvalue weighted by Crippen LogP contribution is -2.35. The molecule has 0 aliphatic rings. The summed E-state index contributed by atoms with van der Waals surface area (Å²) >= 11 is 5.92. The number of nitrogens with one attached hydrogen (secondary N) is 1. The van der Waals surface area contributed by atoms with E-state index in [9.17, 15) is 13.2 Å². The third-order valence-corrected chi connectivity index (χ3v) is 7.64. The number of sulfone groups is 1. The van der Waals surface area contributed by atoms with E-state index in [1.54, 1.807) is 35.0 Å². The highest BCUT2D eigenvalue weighted by atomic mass is 35.5. The van der Waals surface area contributed by atoms with Crippen LogP contribution in [0.3, 0.4) is 0 Å². The molecule has 0 bridgehead atoms. The Bertz CT molecular complexity index is 1360. The largest absolute Gasteiger partial charge is 0.352 e. The second-order valence-electron chi connectivity index (χ2n) is 8.09. The van der Waals surface area contributed by atoms with E-state index >= 15 is 0 Å². The van der Waals surface area contributed by atoms with Crippen LogP contribution in [0.1, 0.15) is 18.9 Å². The molecule has 0 spiro atoms. The van der Waals surface area contributed by atoms with Crippen molar-refractivity contribution in [1.29, 1.82) is 0 Å². The highest BCUT2D eigenvalue weighted by Crippen LogP contribution is 2.30. The van der Waals surface area contributed by atoms with Crippen molar-refractivity contribution in [2.75, 3.05) is 0 Å². The first-order valence-electron chi connectivity index (χ1n) is 10.8. The maximum Gasteiger partial charge on any atom is 0.240 e. The van der Waals surface area contributed by atoms with Gasteiger partial charge in [0.1, 0.15) is 6.54 Å². The van der Waals surface area contributed by atoms with Gasteiger partial charge in [-0.05, 0) is 55.7 Å². The van der Waals surface area contributed by atoms with Gasteiger partial charge in [0.05, 0.1) is 9.79 Å². The van der Waals surface area contributed by atoms with Gasteiger partial charge in [-0.25, -0.2) is 8.42 Å². The minimum absolute atomic E-state index is 0.00296. The molecule has 1 heterocycles. The smallest absolute Gasteiger partial charge is 0.240 e. The second-order valence-corrected chi connectivity index (χ2v) is 10.4. The molecule has 1 aromatic heterocycles. The third-order valence-electron chi connectivity index (χ3n) is 5.60. The van der Waals surface area contributed by atoms with Gasteiger partial charge in [-0.15, -0.1) is 0 Å². The van der Waals surface area contributed by atoms with Crippen molar-refractivity contribution in [2.24, 2.45) is 0 Å². The standard InChI is InChI=1S/C26H25ClN2O3S/c1-19(11-12-20-7-3-2-4-8-20)28-26(30)18-29-17-25(23-9-5-6-10-24(23)29)33(31,32)22-15-13-21(27)14-16-22/h2-10,13-17,19H,11-12,18H2,1H3,(H,28,30). The summed E-state index contributed by atoms with van der Waals surface area (Å²) in [5, 5.41) is 4.07. The van der Waals surface area contributed by atoms with Gasteiger partial charge in [0.25, 0.3) is 0 Å². The van der Waals surface area contributed by atoms with Gasteiger partial charge in [0, 0.05) is 28.2 Å². The number of para-hydroxylation sites is 1. The van der Waals surface area contributed by atoms with E-state index in [4.69, 9.17) is 11.6 Å². The molecule has 5 nitrogen and oxygen atoms in total. The summed E-state index contributed by atoms with van der Waals surface area (Å²) in [7, 11) is -3.77. The number of carbonyl (C=O) groups excluding carboxylic acids is 1. The molecule has 4 aromatic rings. The van der Waals surface area contributed by atoms with Gasteiger partial charge in [-0.2, -0.15) is 0 Å². The Balaban J connectivity index is 1.52. The van der Waals surface area contributed by atoms with Gasteiger partial charge >= 0.3 is 0 Å². The predicted octanol–water partition coefficient (Wildman–Crippen LogP) is 5.27. The highest BCUT2D eigenvalue weighted by molar-refractivity contribution is 7.91. The van der Waals surface area contributed by atoms with Crippen LogP contribution in [-0.4, -0.2) is 24.9 Å². The normalized spacial score (nSPS) is 12.5. The molecule has 0 saturated carbocycles. The van der Waals surface area contributed by atoms with E-state index in [1.807, 2.05) is 37.3 Å². The van der Waals surface area contributed by atoms with Crippen LogP contribution in [0.5, 0.6) is 0 Å². The number of halogens is 1. The molecule has 0 saturated heterocycles. The number of hydrogen-bond donors (Lipinski definition) is 1. The fraction of sp³-hybridized carbons (Fsp3) is 0.192. The van der Waals surface area contributed by atoms with Crippen molar-refractivity contribution in [3.8, 4) is 0 Å². The van der Waals surface area contributed by atoms with Crippen LogP contribution < -0.4 is 5.32 Å². The number of fused-ring (bicyclic) bond motifs is 1. The Morgan fingerprint density at radius 3 is 2.36 bits per heavy atom. The summed E-state index contributed by atoms with van der Waals surface area (Å²) in [6.07, 6.45) is 3.24. The molecular weight excluding hydrogens is 456 g/mol. The van der Waals surface area contributed by atoms with E-state index in [-0.39, 0.29) is 28.3 Å². The Hall–Kier alpha value is -3.09.